The molecule has 1 fully saturated rings. The molecule has 0 atom stereocenters. The number of benzene rings is 2. The number of aromatic nitrogens is 2. The Kier molecular flexibility index (Phi) is 6.82. The largest absolute Gasteiger partial charge is 0.497 e. The van der Waals surface area contributed by atoms with Gasteiger partial charge in [-0.3, -0.25) is 4.79 Å². The van der Waals surface area contributed by atoms with Gasteiger partial charge in [0.1, 0.15) is 5.75 Å². The van der Waals surface area contributed by atoms with Crippen molar-refractivity contribution in [2.45, 2.75) is 38.6 Å². The number of piperidine rings is 1. The van der Waals surface area contributed by atoms with Gasteiger partial charge in [0.15, 0.2) is 0 Å². The number of rotatable bonds is 8. The summed E-state index contributed by atoms with van der Waals surface area (Å²) in [5.74, 6) is 1.73. The molecular weight excluding hydrogens is 392 g/mol. The third-order valence-electron chi connectivity index (χ3n) is 5.50. The van der Waals surface area contributed by atoms with Gasteiger partial charge >= 0.3 is 0 Å². The van der Waals surface area contributed by atoms with Crippen LogP contribution < -0.4 is 15.0 Å². The second-order valence-electron chi connectivity index (χ2n) is 7.73. The van der Waals surface area contributed by atoms with E-state index in [1.165, 1.54) is 24.9 Å². The summed E-state index contributed by atoms with van der Waals surface area (Å²) in [4.78, 5) is 19.0. The van der Waals surface area contributed by atoms with Crippen molar-refractivity contribution in [2.75, 3.05) is 25.1 Å². The summed E-state index contributed by atoms with van der Waals surface area (Å²) < 4.78 is 10.5. The monoisotopic (exact) mass is 420 g/mol. The van der Waals surface area contributed by atoms with E-state index < -0.39 is 0 Å². The topological polar surface area (TPSA) is 80.5 Å². The lowest BCUT2D eigenvalue weighted by atomic mass is 10.1. The smallest absolute Gasteiger partial charge is 0.227 e. The average Bonchev–Trinajstić information content (AvgIpc) is 3.31. The number of carbonyl (C=O) groups is 1. The zero-order chi connectivity index (χ0) is 21.5. The van der Waals surface area contributed by atoms with Gasteiger partial charge in [-0.25, -0.2) is 0 Å². The van der Waals surface area contributed by atoms with E-state index in [9.17, 15) is 4.79 Å². The Morgan fingerprint density at radius 3 is 2.71 bits per heavy atom. The Labute approximate surface area is 182 Å². The number of methoxy groups -OCH3 is 1. The Bertz CT molecular complexity index is 994. The summed E-state index contributed by atoms with van der Waals surface area (Å²) in [6.45, 7) is 2.69. The maximum absolute atomic E-state index is 12.2. The zero-order valence-electron chi connectivity index (χ0n) is 17.8. The van der Waals surface area contributed by atoms with Crippen LogP contribution >= 0.6 is 0 Å². The van der Waals surface area contributed by atoms with Crippen molar-refractivity contribution < 1.29 is 14.1 Å². The van der Waals surface area contributed by atoms with Crippen LogP contribution in [0.2, 0.25) is 0 Å². The molecule has 1 aromatic heterocycles. The van der Waals surface area contributed by atoms with Crippen molar-refractivity contribution >= 4 is 11.6 Å². The third-order valence-corrected chi connectivity index (χ3v) is 5.50. The molecule has 4 rings (SSSR count). The van der Waals surface area contributed by atoms with Crippen LogP contribution in [0.15, 0.2) is 53.1 Å². The van der Waals surface area contributed by atoms with Gasteiger partial charge in [-0.2, -0.15) is 4.98 Å². The van der Waals surface area contributed by atoms with Gasteiger partial charge in [-0.1, -0.05) is 17.3 Å². The minimum atomic E-state index is -0.0616. The van der Waals surface area contributed by atoms with Gasteiger partial charge in [0.2, 0.25) is 17.6 Å². The molecule has 0 bridgehead atoms. The van der Waals surface area contributed by atoms with Crippen molar-refractivity contribution in [3.8, 4) is 17.1 Å². The van der Waals surface area contributed by atoms with E-state index in [1.807, 2.05) is 36.4 Å². The zero-order valence-corrected chi connectivity index (χ0v) is 17.8. The molecule has 1 saturated heterocycles. The summed E-state index contributed by atoms with van der Waals surface area (Å²) in [7, 11) is 1.62. The quantitative estimate of drug-likeness (QED) is 0.594. The van der Waals surface area contributed by atoms with Crippen LogP contribution in [0.1, 0.15) is 37.1 Å². The van der Waals surface area contributed by atoms with E-state index in [4.69, 9.17) is 9.26 Å². The normalized spacial score (nSPS) is 13.8. The van der Waals surface area contributed by atoms with Crippen molar-refractivity contribution in [1.29, 1.82) is 0 Å². The Morgan fingerprint density at radius 2 is 1.94 bits per heavy atom. The maximum Gasteiger partial charge on any atom is 0.227 e. The highest BCUT2D eigenvalue weighted by Crippen LogP contribution is 2.24. The molecule has 7 nitrogen and oxygen atoms in total. The van der Waals surface area contributed by atoms with Crippen molar-refractivity contribution in [1.82, 2.24) is 15.5 Å². The van der Waals surface area contributed by atoms with Gasteiger partial charge in [0, 0.05) is 43.7 Å². The van der Waals surface area contributed by atoms with E-state index in [0.29, 0.717) is 31.1 Å². The lowest BCUT2D eigenvalue weighted by Crippen LogP contribution is -2.29. The lowest BCUT2D eigenvalue weighted by molar-refractivity contribution is -0.121. The van der Waals surface area contributed by atoms with Gasteiger partial charge in [-0.05, 0) is 61.2 Å². The predicted molar refractivity (Wildman–Crippen MR) is 119 cm³/mol. The lowest BCUT2D eigenvalue weighted by Gasteiger charge is -2.28. The number of aryl methyl sites for hydroxylation is 1. The molecule has 0 saturated carbocycles. The second-order valence-corrected chi connectivity index (χ2v) is 7.73. The van der Waals surface area contributed by atoms with E-state index in [0.717, 1.165) is 30.0 Å². The number of nitrogens with zero attached hydrogens (tertiary/aromatic N) is 3. The molecule has 2 aromatic carbocycles. The molecule has 0 spiro atoms. The third kappa shape index (κ3) is 5.63. The second kappa shape index (κ2) is 10.1. The minimum Gasteiger partial charge on any atom is -0.497 e. The molecular formula is C24H28N4O3. The van der Waals surface area contributed by atoms with E-state index in [1.54, 1.807) is 7.11 Å². The van der Waals surface area contributed by atoms with Crippen LogP contribution in [0.4, 0.5) is 5.69 Å². The summed E-state index contributed by atoms with van der Waals surface area (Å²) in [5.41, 5.74) is 3.14. The molecule has 0 unspecified atom stereocenters. The molecule has 0 radical (unpaired) electrons. The first-order valence-corrected chi connectivity index (χ1v) is 10.8. The highest BCUT2D eigenvalue weighted by molar-refractivity contribution is 5.76. The molecule has 0 aliphatic carbocycles. The summed E-state index contributed by atoms with van der Waals surface area (Å²) in [6.07, 6.45) is 4.52. The molecule has 31 heavy (non-hydrogen) atoms. The van der Waals surface area contributed by atoms with E-state index >= 15 is 0 Å². The number of carbonyl (C=O) groups excluding carboxylic acids is 1. The molecule has 1 aliphatic heterocycles. The van der Waals surface area contributed by atoms with Gasteiger partial charge in [-0.15, -0.1) is 0 Å². The summed E-state index contributed by atoms with van der Waals surface area (Å²) in [6, 6.07) is 15.9. The van der Waals surface area contributed by atoms with Crippen LogP contribution in [-0.2, 0) is 17.8 Å². The first-order chi connectivity index (χ1) is 15.2. The van der Waals surface area contributed by atoms with Crippen molar-refractivity contribution in [3.05, 3.63) is 60.0 Å². The number of ether oxygens (including phenoxy) is 1. The van der Waals surface area contributed by atoms with Crippen molar-refractivity contribution in [2.24, 2.45) is 0 Å². The Hall–Kier alpha value is -3.35. The standard InChI is InChI=1S/C24H28N4O3/c1-30-21-7-5-6-18(16-21)17-25-22(29)12-13-23-26-24(27-31-23)19-8-10-20(11-9-19)28-14-3-2-4-15-28/h5-11,16H,2-4,12-15,17H2,1H3,(H,25,29). The highest BCUT2D eigenvalue weighted by atomic mass is 16.5. The number of anilines is 1. The van der Waals surface area contributed by atoms with E-state index in [-0.39, 0.29) is 5.91 Å². The van der Waals surface area contributed by atoms with Gasteiger partial charge < -0.3 is 19.5 Å². The number of nitrogens with one attached hydrogen (secondary N) is 1. The fourth-order valence-electron chi connectivity index (χ4n) is 3.74. The molecule has 3 aromatic rings. The summed E-state index contributed by atoms with van der Waals surface area (Å²) >= 11 is 0. The van der Waals surface area contributed by atoms with Gasteiger partial charge in [0.25, 0.3) is 0 Å². The molecule has 1 aliphatic rings. The SMILES string of the molecule is COc1cccc(CNC(=O)CCc2nc(-c3ccc(N4CCCCC4)cc3)no2)c1. The Morgan fingerprint density at radius 1 is 1.13 bits per heavy atom. The first-order valence-electron chi connectivity index (χ1n) is 10.8. The van der Waals surface area contributed by atoms with Crippen LogP contribution in [0.5, 0.6) is 5.75 Å². The van der Waals surface area contributed by atoms with Crippen molar-refractivity contribution in [3.63, 3.8) is 0 Å². The average molecular weight is 421 g/mol. The number of hydrogen-bond acceptors (Lipinski definition) is 6. The minimum absolute atomic E-state index is 0.0616. The van der Waals surface area contributed by atoms with Crippen LogP contribution in [0.25, 0.3) is 11.4 Å². The first kappa shape index (κ1) is 20.9. The fourth-order valence-corrected chi connectivity index (χ4v) is 3.74. The van der Waals surface area contributed by atoms with Crippen LogP contribution in [-0.4, -0.2) is 36.2 Å². The molecule has 2 heterocycles. The maximum atomic E-state index is 12.2. The number of hydrogen-bond donors (Lipinski definition) is 1. The van der Waals surface area contributed by atoms with Crippen LogP contribution in [0.3, 0.4) is 0 Å². The fraction of sp³-hybridized carbons (Fsp3) is 0.375. The van der Waals surface area contributed by atoms with E-state index in [2.05, 4.69) is 32.5 Å². The molecule has 1 N–H and O–H groups in total. The predicted octanol–water partition coefficient (Wildman–Crippen LogP) is 3.98. The molecule has 162 valence electrons. The van der Waals surface area contributed by atoms with Gasteiger partial charge in [0.05, 0.1) is 7.11 Å². The Balaban J connectivity index is 1.27. The molecule has 1 amide bonds. The number of amides is 1. The highest BCUT2D eigenvalue weighted by Gasteiger charge is 2.13. The van der Waals surface area contributed by atoms with Crippen LogP contribution in [0, 0.1) is 0 Å². The molecule has 7 heteroatoms. The summed E-state index contributed by atoms with van der Waals surface area (Å²) in [5, 5.41) is 6.98.